The van der Waals surface area contributed by atoms with Crippen molar-refractivity contribution in [1.82, 2.24) is 18.8 Å². The molecule has 5 rings (SSSR count). The van der Waals surface area contributed by atoms with Gasteiger partial charge in [0.25, 0.3) is 5.91 Å². The SMILES string of the molecule is Cn1c(CN2CCN(S(=O)(=O)c3ccccc3)CC2)nc2cc(NC(=O)c3ccco3)ccc21. The van der Waals surface area contributed by atoms with Gasteiger partial charge in [0.15, 0.2) is 5.76 Å². The molecule has 1 aliphatic heterocycles. The van der Waals surface area contributed by atoms with Gasteiger partial charge in [0.05, 0.1) is 28.7 Å². The first-order valence-electron chi connectivity index (χ1n) is 11.0. The molecule has 0 spiro atoms. The molecule has 0 saturated carbocycles. The molecule has 1 N–H and O–H groups in total. The number of sulfonamides is 1. The van der Waals surface area contributed by atoms with Crippen LogP contribution in [0.4, 0.5) is 5.69 Å². The van der Waals surface area contributed by atoms with E-state index in [-0.39, 0.29) is 11.7 Å². The van der Waals surface area contributed by atoms with Gasteiger partial charge in [0.2, 0.25) is 10.0 Å². The minimum Gasteiger partial charge on any atom is -0.459 e. The lowest BCUT2D eigenvalue weighted by molar-refractivity contribution is 0.0996. The molecule has 2 aromatic heterocycles. The summed E-state index contributed by atoms with van der Waals surface area (Å²) >= 11 is 0. The predicted octanol–water partition coefficient (Wildman–Crippen LogP) is 2.93. The normalized spacial score (nSPS) is 15.6. The second-order valence-electron chi connectivity index (χ2n) is 8.22. The molecular formula is C24H25N5O4S. The number of nitrogens with one attached hydrogen (secondary N) is 1. The zero-order chi connectivity index (χ0) is 23.7. The van der Waals surface area contributed by atoms with Crippen LogP contribution in [0.3, 0.4) is 0 Å². The Kier molecular flexibility index (Phi) is 5.94. The maximum atomic E-state index is 12.9. The van der Waals surface area contributed by atoms with Crippen molar-refractivity contribution in [2.45, 2.75) is 11.4 Å². The fourth-order valence-electron chi connectivity index (χ4n) is 4.14. The van der Waals surface area contributed by atoms with E-state index in [1.54, 1.807) is 40.7 Å². The van der Waals surface area contributed by atoms with E-state index in [4.69, 9.17) is 9.40 Å². The molecule has 3 heterocycles. The first-order chi connectivity index (χ1) is 16.4. The number of nitrogens with zero attached hydrogens (tertiary/aromatic N) is 4. The Morgan fingerprint density at radius 1 is 1.03 bits per heavy atom. The van der Waals surface area contributed by atoms with Crippen molar-refractivity contribution in [1.29, 1.82) is 0 Å². The van der Waals surface area contributed by atoms with Gasteiger partial charge in [-0.05, 0) is 42.5 Å². The fourth-order valence-corrected chi connectivity index (χ4v) is 5.58. The third-order valence-corrected chi connectivity index (χ3v) is 7.97. The largest absolute Gasteiger partial charge is 0.459 e. The number of aryl methyl sites for hydroxylation is 1. The number of carbonyl (C=O) groups is 1. The summed E-state index contributed by atoms with van der Waals surface area (Å²) in [5.74, 6) is 0.808. The van der Waals surface area contributed by atoms with E-state index in [0.717, 1.165) is 16.9 Å². The van der Waals surface area contributed by atoms with Gasteiger partial charge < -0.3 is 14.3 Å². The number of hydrogen-bond donors (Lipinski definition) is 1. The summed E-state index contributed by atoms with van der Waals surface area (Å²) in [5.41, 5.74) is 2.37. The zero-order valence-electron chi connectivity index (χ0n) is 18.7. The molecule has 9 nitrogen and oxygen atoms in total. The second-order valence-corrected chi connectivity index (χ2v) is 10.2. The Morgan fingerprint density at radius 2 is 1.79 bits per heavy atom. The van der Waals surface area contributed by atoms with Crippen LogP contribution in [0.1, 0.15) is 16.4 Å². The highest BCUT2D eigenvalue weighted by molar-refractivity contribution is 7.89. The van der Waals surface area contributed by atoms with Gasteiger partial charge in [0, 0.05) is 38.9 Å². The molecule has 176 valence electrons. The summed E-state index contributed by atoms with van der Waals surface area (Å²) < 4.78 is 34.4. The highest BCUT2D eigenvalue weighted by Gasteiger charge is 2.28. The van der Waals surface area contributed by atoms with Gasteiger partial charge in [-0.1, -0.05) is 18.2 Å². The Bertz CT molecular complexity index is 1410. The van der Waals surface area contributed by atoms with Gasteiger partial charge >= 0.3 is 0 Å². The van der Waals surface area contributed by atoms with Crippen molar-refractivity contribution in [2.24, 2.45) is 7.05 Å². The standard InChI is InChI=1S/C24H25N5O4S/c1-27-21-10-9-18(25-24(30)22-8-5-15-33-22)16-20(21)26-23(27)17-28-11-13-29(14-12-28)34(31,32)19-6-3-2-4-7-19/h2-10,15-16H,11-14,17H2,1H3,(H,25,30). The number of furan rings is 1. The minimum absolute atomic E-state index is 0.246. The average molecular weight is 480 g/mol. The second kappa shape index (κ2) is 9.05. The molecule has 0 bridgehead atoms. The monoisotopic (exact) mass is 479 g/mol. The van der Waals surface area contributed by atoms with E-state index < -0.39 is 10.0 Å². The van der Waals surface area contributed by atoms with Crippen LogP contribution in [0.25, 0.3) is 11.0 Å². The number of imidazole rings is 1. The molecule has 0 aliphatic carbocycles. The summed E-state index contributed by atoms with van der Waals surface area (Å²) in [7, 11) is -1.51. The molecule has 2 aromatic carbocycles. The van der Waals surface area contributed by atoms with Gasteiger partial charge in [-0.2, -0.15) is 4.31 Å². The van der Waals surface area contributed by atoms with Crippen LogP contribution < -0.4 is 5.32 Å². The smallest absolute Gasteiger partial charge is 0.291 e. The third kappa shape index (κ3) is 4.35. The molecule has 1 aliphatic rings. The van der Waals surface area contributed by atoms with Crippen molar-refractivity contribution in [3.8, 4) is 0 Å². The van der Waals surface area contributed by atoms with E-state index in [0.29, 0.717) is 43.3 Å². The quantitative estimate of drug-likeness (QED) is 0.456. The number of benzene rings is 2. The van der Waals surface area contributed by atoms with Crippen LogP contribution in [0.15, 0.2) is 76.2 Å². The first kappa shape index (κ1) is 22.3. The molecular weight excluding hydrogens is 454 g/mol. The molecule has 0 unspecified atom stereocenters. The van der Waals surface area contributed by atoms with Crippen molar-refractivity contribution in [3.05, 3.63) is 78.5 Å². The van der Waals surface area contributed by atoms with Crippen molar-refractivity contribution >= 4 is 32.7 Å². The van der Waals surface area contributed by atoms with E-state index in [9.17, 15) is 13.2 Å². The third-order valence-electron chi connectivity index (χ3n) is 6.05. The topological polar surface area (TPSA) is 101 Å². The molecule has 0 atom stereocenters. The van der Waals surface area contributed by atoms with Crippen LogP contribution in [0.5, 0.6) is 0 Å². The van der Waals surface area contributed by atoms with E-state index in [1.165, 1.54) is 6.26 Å². The predicted molar refractivity (Wildman–Crippen MR) is 128 cm³/mol. The number of aromatic nitrogens is 2. The molecule has 10 heteroatoms. The Balaban J connectivity index is 1.25. The fraction of sp³-hybridized carbons (Fsp3) is 0.250. The van der Waals surface area contributed by atoms with Gasteiger partial charge in [0.1, 0.15) is 5.82 Å². The summed E-state index contributed by atoms with van der Waals surface area (Å²) in [6.07, 6.45) is 1.46. The Labute approximate surface area is 197 Å². The molecule has 1 fully saturated rings. The van der Waals surface area contributed by atoms with Crippen LogP contribution in [0.2, 0.25) is 0 Å². The molecule has 1 saturated heterocycles. The van der Waals surface area contributed by atoms with E-state index >= 15 is 0 Å². The molecule has 34 heavy (non-hydrogen) atoms. The molecule has 4 aromatic rings. The van der Waals surface area contributed by atoms with Crippen molar-refractivity contribution < 1.29 is 17.6 Å². The summed E-state index contributed by atoms with van der Waals surface area (Å²) in [5, 5.41) is 2.82. The number of amides is 1. The van der Waals surface area contributed by atoms with Crippen LogP contribution >= 0.6 is 0 Å². The minimum atomic E-state index is -3.47. The lowest BCUT2D eigenvalue weighted by Gasteiger charge is -2.33. The number of hydrogen-bond acceptors (Lipinski definition) is 6. The lowest BCUT2D eigenvalue weighted by atomic mass is 10.2. The van der Waals surface area contributed by atoms with Crippen LogP contribution in [-0.4, -0.2) is 59.3 Å². The number of carbonyl (C=O) groups excluding carboxylic acids is 1. The summed E-state index contributed by atoms with van der Waals surface area (Å²) in [6.45, 7) is 2.73. The van der Waals surface area contributed by atoms with Gasteiger partial charge in [-0.3, -0.25) is 9.69 Å². The lowest BCUT2D eigenvalue weighted by Crippen LogP contribution is -2.48. The maximum Gasteiger partial charge on any atom is 0.291 e. The molecule has 1 amide bonds. The van der Waals surface area contributed by atoms with E-state index in [2.05, 4.69) is 10.2 Å². The zero-order valence-corrected chi connectivity index (χ0v) is 19.5. The number of fused-ring (bicyclic) bond motifs is 1. The molecule has 0 radical (unpaired) electrons. The van der Waals surface area contributed by atoms with Gasteiger partial charge in [-0.25, -0.2) is 13.4 Å². The summed E-state index contributed by atoms with van der Waals surface area (Å²) in [6, 6.07) is 17.4. The summed E-state index contributed by atoms with van der Waals surface area (Å²) in [4.78, 5) is 19.6. The average Bonchev–Trinajstić information content (AvgIpc) is 3.49. The van der Waals surface area contributed by atoms with Crippen LogP contribution in [0, 0.1) is 0 Å². The van der Waals surface area contributed by atoms with Crippen LogP contribution in [-0.2, 0) is 23.6 Å². The maximum absolute atomic E-state index is 12.9. The Morgan fingerprint density at radius 3 is 2.50 bits per heavy atom. The van der Waals surface area contributed by atoms with Crippen molar-refractivity contribution in [2.75, 3.05) is 31.5 Å². The highest BCUT2D eigenvalue weighted by Crippen LogP contribution is 2.22. The number of piperazine rings is 1. The first-order valence-corrected chi connectivity index (χ1v) is 12.4. The number of rotatable bonds is 6. The number of anilines is 1. The van der Waals surface area contributed by atoms with E-state index in [1.807, 2.05) is 35.9 Å². The highest BCUT2D eigenvalue weighted by atomic mass is 32.2. The Hall–Kier alpha value is -3.47. The van der Waals surface area contributed by atoms with Gasteiger partial charge in [-0.15, -0.1) is 0 Å². The van der Waals surface area contributed by atoms with Crippen molar-refractivity contribution in [3.63, 3.8) is 0 Å².